The Morgan fingerprint density at radius 3 is 2.24 bits per heavy atom. The van der Waals surface area contributed by atoms with E-state index < -0.39 is 21.9 Å². The Kier molecular flexibility index (Phi) is 6.54. The minimum atomic E-state index is -3.71. The lowest BCUT2D eigenvalue weighted by molar-refractivity contribution is -0.917. The number of halogens is 1. The second-order valence-electron chi connectivity index (χ2n) is 7.45. The number of rotatable bonds is 6. The number of hydrogen-bond acceptors (Lipinski definition) is 3. The molecule has 1 N–H and O–H groups in total. The summed E-state index contributed by atoms with van der Waals surface area (Å²) >= 11 is 0. The maximum atomic E-state index is 13.2. The Hall–Kier alpha value is -2.45. The van der Waals surface area contributed by atoms with Crippen molar-refractivity contribution in [3.05, 3.63) is 66.0 Å². The quantitative estimate of drug-likeness (QED) is 0.756. The van der Waals surface area contributed by atoms with Crippen molar-refractivity contribution < 1.29 is 22.5 Å². The van der Waals surface area contributed by atoms with Crippen molar-refractivity contribution in [3.63, 3.8) is 0 Å². The molecule has 0 aromatic heterocycles. The number of nitrogens with zero attached hydrogens (tertiary/aromatic N) is 2. The highest BCUT2D eigenvalue weighted by atomic mass is 32.2. The molecule has 1 fully saturated rings. The third-order valence-corrected chi connectivity index (χ3v) is 6.47. The van der Waals surface area contributed by atoms with Gasteiger partial charge >= 0.3 is 0 Å². The number of piperazine rings is 1. The Labute approximate surface area is 171 Å². The molecule has 6 nitrogen and oxygen atoms in total. The molecule has 0 radical (unpaired) electrons. The van der Waals surface area contributed by atoms with E-state index in [4.69, 9.17) is 0 Å². The first-order chi connectivity index (χ1) is 13.8. The first-order valence-corrected chi connectivity index (χ1v) is 11.5. The number of carbonyl (C=O) groups excluding carboxylic acids is 1. The fraction of sp³-hybridized carbons (Fsp3) is 0.381. The number of sulfonamides is 1. The molecule has 0 saturated carbocycles. The number of carbonyl (C=O) groups is 1. The number of anilines is 1. The molecule has 156 valence electrons. The molecule has 1 saturated heterocycles. The van der Waals surface area contributed by atoms with Crippen molar-refractivity contribution >= 4 is 21.6 Å². The number of benzene rings is 2. The molecule has 0 bridgehead atoms. The molecule has 0 aliphatic carbocycles. The second-order valence-corrected chi connectivity index (χ2v) is 9.31. The van der Waals surface area contributed by atoms with Gasteiger partial charge in [0, 0.05) is 5.56 Å². The maximum absolute atomic E-state index is 13.2. The molecule has 1 aliphatic rings. The zero-order valence-electron chi connectivity index (χ0n) is 16.7. The van der Waals surface area contributed by atoms with E-state index >= 15 is 0 Å². The van der Waals surface area contributed by atoms with E-state index in [1.54, 1.807) is 11.8 Å². The average Bonchev–Trinajstić information content (AvgIpc) is 2.69. The number of amides is 1. The van der Waals surface area contributed by atoms with Crippen LogP contribution in [0.1, 0.15) is 12.5 Å². The number of hydrogen-bond donors (Lipinski definition) is 1. The highest BCUT2D eigenvalue weighted by Crippen LogP contribution is 2.22. The third-order valence-electron chi connectivity index (χ3n) is 5.23. The third kappa shape index (κ3) is 5.33. The Balaban J connectivity index is 1.66. The van der Waals surface area contributed by atoms with Crippen LogP contribution in [-0.2, 0) is 21.4 Å². The van der Waals surface area contributed by atoms with Crippen LogP contribution in [0.4, 0.5) is 10.1 Å². The summed E-state index contributed by atoms with van der Waals surface area (Å²) in [4.78, 5) is 16.1. The molecule has 1 atom stereocenters. The lowest BCUT2D eigenvalue weighted by Gasteiger charge is -2.36. The molecule has 0 spiro atoms. The number of nitrogens with one attached hydrogen (secondary N) is 1. The molecule has 1 amide bonds. The SMILES string of the molecule is C[C@H](C(=O)N1CC[NH+](Cc2ccccc2)CC1)N(c1ccc(F)cc1)S(C)(=O)=O. The normalized spacial score (nSPS) is 16.4. The van der Waals surface area contributed by atoms with E-state index in [-0.39, 0.29) is 11.6 Å². The van der Waals surface area contributed by atoms with Crippen LogP contribution in [0.25, 0.3) is 0 Å². The fourth-order valence-corrected chi connectivity index (χ4v) is 4.93. The lowest BCUT2D eigenvalue weighted by Crippen LogP contribution is -3.13. The van der Waals surface area contributed by atoms with Gasteiger partial charge in [-0.25, -0.2) is 12.8 Å². The molecule has 29 heavy (non-hydrogen) atoms. The van der Waals surface area contributed by atoms with Gasteiger partial charge < -0.3 is 9.80 Å². The zero-order valence-corrected chi connectivity index (χ0v) is 17.5. The van der Waals surface area contributed by atoms with E-state index in [1.165, 1.54) is 34.7 Å². The van der Waals surface area contributed by atoms with Crippen molar-refractivity contribution in [2.45, 2.75) is 19.5 Å². The van der Waals surface area contributed by atoms with Crippen LogP contribution in [-0.4, -0.2) is 57.7 Å². The lowest BCUT2D eigenvalue weighted by atomic mass is 10.2. The Morgan fingerprint density at radius 2 is 1.69 bits per heavy atom. The van der Waals surface area contributed by atoms with Crippen LogP contribution in [0.2, 0.25) is 0 Å². The first kappa shape index (κ1) is 21.3. The molecule has 2 aromatic carbocycles. The van der Waals surface area contributed by atoms with Gasteiger partial charge in [0.25, 0.3) is 0 Å². The van der Waals surface area contributed by atoms with Crippen LogP contribution in [0.15, 0.2) is 54.6 Å². The number of quaternary nitrogens is 1. The summed E-state index contributed by atoms with van der Waals surface area (Å²) in [7, 11) is -3.71. The van der Waals surface area contributed by atoms with Crippen molar-refractivity contribution in [1.82, 2.24) is 4.90 Å². The van der Waals surface area contributed by atoms with E-state index in [9.17, 15) is 17.6 Å². The van der Waals surface area contributed by atoms with Gasteiger partial charge in [0.2, 0.25) is 15.9 Å². The topological polar surface area (TPSA) is 62.1 Å². The summed E-state index contributed by atoms with van der Waals surface area (Å²) in [5.41, 5.74) is 1.54. The summed E-state index contributed by atoms with van der Waals surface area (Å²) < 4.78 is 39.0. The summed E-state index contributed by atoms with van der Waals surface area (Å²) in [5, 5.41) is 0. The van der Waals surface area contributed by atoms with Crippen molar-refractivity contribution in [2.75, 3.05) is 36.7 Å². The molecule has 0 unspecified atom stereocenters. The molecule has 8 heteroatoms. The average molecular weight is 421 g/mol. The van der Waals surface area contributed by atoms with Gasteiger partial charge in [-0.1, -0.05) is 30.3 Å². The highest BCUT2D eigenvalue weighted by molar-refractivity contribution is 7.92. The van der Waals surface area contributed by atoms with Crippen LogP contribution in [0.3, 0.4) is 0 Å². The molecule has 1 heterocycles. The van der Waals surface area contributed by atoms with Crippen molar-refractivity contribution in [1.29, 1.82) is 0 Å². The monoisotopic (exact) mass is 420 g/mol. The van der Waals surface area contributed by atoms with Crippen molar-refractivity contribution in [2.24, 2.45) is 0 Å². The van der Waals surface area contributed by atoms with E-state index in [0.717, 1.165) is 30.2 Å². The molecule has 1 aliphatic heterocycles. The highest BCUT2D eigenvalue weighted by Gasteiger charge is 2.34. The van der Waals surface area contributed by atoms with Crippen LogP contribution in [0, 0.1) is 5.82 Å². The van der Waals surface area contributed by atoms with E-state index in [0.29, 0.717) is 13.1 Å². The largest absolute Gasteiger partial charge is 0.330 e. The minimum absolute atomic E-state index is 0.237. The predicted octanol–water partition coefficient (Wildman–Crippen LogP) is 0.908. The summed E-state index contributed by atoms with van der Waals surface area (Å²) in [6, 6.07) is 14.5. The first-order valence-electron chi connectivity index (χ1n) is 9.67. The molecular weight excluding hydrogens is 393 g/mol. The van der Waals surface area contributed by atoms with Crippen LogP contribution in [0.5, 0.6) is 0 Å². The van der Waals surface area contributed by atoms with Crippen LogP contribution >= 0.6 is 0 Å². The van der Waals surface area contributed by atoms with Gasteiger partial charge in [0.15, 0.2) is 0 Å². The van der Waals surface area contributed by atoms with Gasteiger partial charge in [-0.05, 0) is 31.2 Å². The molecule has 2 aromatic rings. The Morgan fingerprint density at radius 1 is 1.10 bits per heavy atom. The van der Waals surface area contributed by atoms with Gasteiger partial charge in [0.05, 0.1) is 38.1 Å². The molecule has 3 rings (SSSR count). The second kappa shape index (κ2) is 8.92. The standard InChI is InChI=1S/C21H26FN3O3S/c1-17(25(29(2,27)28)20-10-8-19(22)9-11-20)21(26)24-14-12-23(13-15-24)16-18-6-4-3-5-7-18/h3-11,17H,12-16H2,1-2H3/p+1/t17-/m1/s1. The Bertz CT molecular complexity index is 927. The van der Waals surface area contributed by atoms with Crippen LogP contribution < -0.4 is 9.21 Å². The van der Waals surface area contributed by atoms with Crippen molar-refractivity contribution in [3.8, 4) is 0 Å². The minimum Gasteiger partial charge on any atom is -0.330 e. The van der Waals surface area contributed by atoms with E-state index in [2.05, 4.69) is 12.1 Å². The van der Waals surface area contributed by atoms with Gasteiger partial charge in [-0.2, -0.15) is 0 Å². The van der Waals surface area contributed by atoms with Gasteiger partial charge in [-0.3, -0.25) is 9.10 Å². The van der Waals surface area contributed by atoms with Gasteiger partial charge in [0.1, 0.15) is 18.4 Å². The summed E-state index contributed by atoms with van der Waals surface area (Å²) in [5.74, 6) is -0.697. The smallest absolute Gasteiger partial charge is 0.246 e. The zero-order chi connectivity index (χ0) is 21.0. The predicted molar refractivity (Wildman–Crippen MR) is 111 cm³/mol. The maximum Gasteiger partial charge on any atom is 0.246 e. The van der Waals surface area contributed by atoms with E-state index in [1.807, 2.05) is 18.2 Å². The summed E-state index contributed by atoms with van der Waals surface area (Å²) in [6.45, 7) is 5.25. The van der Waals surface area contributed by atoms with Gasteiger partial charge in [-0.15, -0.1) is 0 Å². The summed E-state index contributed by atoms with van der Waals surface area (Å²) in [6.07, 6.45) is 1.06. The fourth-order valence-electron chi connectivity index (χ4n) is 3.76. The molecular formula is C21H27FN3O3S+.